The molecule has 1 fully saturated rings. The summed E-state index contributed by atoms with van der Waals surface area (Å²) in [5, 5.41) is 0.647. The highest BCUT2D eigenvalue weighted by Crippen LogP contribution is 2.29. The Bertz CT molecular complexity index is 605. The van der Waals surface area contributed by atoms with Gasteiger partial charge in [-0.05, 0) is 39.5 Å². The third-order valence-corrected chi connectivity index (χ3v) is 6.02. The Balaban J connectivity index is 1.99. The average molecular weight is 318 g/mol. The van der Waals surface area contributed by atoms with Gasteiger partial charge in [0.2, 0.25) is 0 Å². The Morgan fingerprint density at radius 2 is 2.15 bits per heavy atom. The number of thiazole rings is 1. The van der Waals surface area contributed by atoms with E-state index in [9.17, 15) is 13.2 Å². The van der Waals surface area contributed by atoms with Crippen molar-refractivity contribution in [1.82, 2.24) is 9.71 Å². The van der Waals surface area contributed by atoms with Crippen molar-refractivity contribution < 1.29 is 17.9 Å². The van der Waals surface area contributed by atoms with Gasteiger partial charge in [-0.25, -0.2) is 18.1 Å². The molecule has 112 valence electrons. The van der Waals surface area contributed by atoms with Gasteiger partial charge in [0, 0.05) is 0 Å². The second-order valence-corrected chi connectivity index (χ2v) is 8.08. The average Bonchev–Trinajstić information content (AvgIpc) is 3.10. The Morgan fingerprint density at radius 3 is 2.65 bits per heavy atom. The minimum absolute atomic E-state index is 0.0812. The molecule has 1 saturated carbocycles. The number of carbonyl (C=O) groups excluding carboxylic acids is 1. The van der Waals surface area contributed by atoms with Crippen molar-refractivity contribution in [3.05, 3.63) is 10.7 Å². The molecule has 1 aliphatic carbocycles. The summed E-state index contributed by atoms with van der Waals surface area (Å²) in [6, 6.07) is 0. The minimum Gasteiger partial charge on any atom is -0.368 e. The van der Waals surface area contributed by atoms with E-state index in [1.807, 2.05) is 4.72 Å². The number of aromatic nitrogens is 1. The van der Waals surface area contributed by atoms with Gasteiger partial charge in [-0.2, -0.15) is 0 Å². The summed E-state index contributed by atoms with van der Waals surface area (Å²) in [6.07, 6.45) is 1.46. The molecule has 1 heterocycles. The summed E-state index contributed by atoms with van der Waals surface area (Å²) >= 11 is 1.05. The van der Waals surface area contributed by atoms with E-state index in [0.29, 0.717) is 23.2 Å². The van der Waals surface area contributed by atoms with E-state index < -0.39 is 22.0 Å². The first kappa shape index (κ1) is 15.4. The Morgan fingerprint density at radius 1 is 1.50 bits per heavy atom. The number of ether oxygens (including phenoxy) is 1. The fourth-order valence-electron chi connectivity index (χ4n) is 1.66. The summed E-state index contributed by atoms with van der Waals surface area (Å²) in [5.74, 6) is -0.121. The molecule has 6 nitrogen and oxygen atoms in total. The fraction of sp³-hybridized carbons (Fsp3) is 0.667. The van der Waals surface area contributed by atoms with Crippen LogP contribution in [0.3, 0.4) is 0 Å². The van der Waals surface area contributed by atoms with E-state index in [1.165, 1.54) is 0 Å². The highest BCUT2D eigenvalue weighted by Gasteiger charge is 2.28. The lowest BCUT2D eigenvalue weighted by molar-refractivity contribution is -0.130. The van der Waals surface area contributed by atoms with Crippen molar-refractivity contribution in [3.63, 3.8) is 0 Å². The van der Waals surface area contributed by atoms with Crippen molar-refractivity contribution in [2.45, 2.75) is 43.9 Å². The topological polar surface area (TPSA) is 85.4 Å². The van der Waals surface area contributed by atoms with E-state index in [2.05, 4.69) is 4.98 Å². The standard InChI is InChI=1S/C12H18N2O4S2/c1-7-12(19-9(3)13-7)20(16,17)14-11(15)8(2)18-6-10-4-5-10/h8,10H,4-6H2,1-3H3,(H,14,15)/t8-/m1/s1. The number of hydrogen-bond acceptors (Lipinski definition) is 6. The van der Waals surface area contributed by atoms with Crippen molar-refractivity contribution in [1.29, 1.82) is 0 Å². The first-order chi connectivity index (χ1) is 9.29. The van der Waals surface area contributed by atoms with Crippen LogP contribution in [-0.2, 0) is 19.6 Å². The monoisotopic (exact) mass is 318 g/mol. The molecule has 2 rings (SSSR count). The van der Waals surface area contributed by atoms with Gasteiger partial charge in [0.15, 0.2) is 4.21 Å². The molecule has 1 atom stereocenters. The predicted octanol–water partition coefficient (Wildman–Crippen LogP) is 1.38. The Labute approximate surface area is 122 Å². The zero-order valence-electron chi connectivity index (χ0n) is 11.7. The fourth-order valence-corrected chi connectivity index (χ4v) is 4.19. The lowest BCUT2D eigenvalue weighted by Crippen LogP contribution is -2.38. The SMILES string of the molecule is Cc1nc(C)c(S(=O)(=O)NC(=O)[C@@H](C)OCC2CC2)s1. The molecule has 1 aliphatic rings. The molecular formula is C12H18N2O4S2. The predicted molar refractivity (Wildman–Crippen MR) is 75.1 cm³/mol. The molecule has 0 saturated heterocycles. The molecule has 0 bridgehead atoms. The Hall–Kier alpha value is -0.990. The Kier molecular flexibility index (Phi) is 4.46. The minimum atomic E-state index is -3.86. The number of nitrogens with zero attached hydrogens (tertiary/aromatic N) is 1. The van der Waals surface area contributed by atoms with Gasteiger partial charge in [0.25, 0.3) is 15.9 Å². The molecule has 1 aromatic rings. The number of carbonyl (C=O) groups is 1. The zero-order valence-corrected chi connectivity index (χ0v) is 13.3. The van der Waals surface area contributed by atoms with Crippen LogP contribution in [-0.4, -0.2) is 32.0 Å². The molecule has 20 heavy (non-hydrogen) atoms. The maximum absolute atomic E-state index is 12.1. The molecule has 1 N–H and O–H groups in total. The molecule has 0 radical (unpaired) electrons. The van der Waals surface area contributed by atoms with Crippen LogP contribution in [0.5, 0.6) is 0 Å². The van der Waals surface area contributed by atoms with Gasteiger partial charge < -0.3 is 4.74 Å². The van der Waals surface area contributed by atoms with Crippen molar-refractivity contribution in [3.8, 4) is 0 Å². The van der Waals surface area contributed by atoms with Crippen LogP contribution in [0.4, 0.5) is 0 Å². The number of sulfonamides is 1. The highest BCUT2D eigenvalue weighted by atomic mass is 32.2. The van der Waals surface area contributed by atoms with E-state index in [4.69, 9.17) is 4.74 Å². The van der Waals surface area contributed by atoms with Crippen LogP contribution >= 0.6 is 11.3 Å². The second-order valence-electron chi connectivity index (χ2n) is 4.99. The van der Waals surface area contributed by atoms with Crippen LogP contribution in [0.25, 0.3) is 0 Å². The van der Waals surface area contributed by atoms with Gasteiger partial charge >= 0.3 is 0 Å². The van der Waals surface area contributed by atoms with Gasteiger partial charge in [-0.15, -0.1) is 11.3 Å². The maximum atomic E-state index is 12.1. The summed E-state index contributed by atoms with van der Waals surface area (Å²) in [5.41, 5.74) is 0.402. The van der Waals surface area contributed by atoms with E-state index in [-0.39, 0.29) is 4.21 Å². The molecule has 1 amide bonds. The van der Waals surface area contributed by atoms with Crippen molar-refractivity contribution in [2.75, 3.05) is 6.61 Å². The summed E-state index contributed by atoms with van der Waals surface area (Å²) in [6.45, 7) is 5.39. The maximum Gasteiger partial charge on any atom is 0.275 e. The number of hydrogen-bond donors (Lipinski definition) is 1. The van der Waals surface area contributed by atoms with Crippen molar-refractivity contribution in [2.24, 2.45) is 5.92 Å². The molecule has 1 aromatic heterocycles. The van der Waals surface area contributed by atoms with Gasteiger partial charge in [-0.3, -0.25) is 4.79 Å². The largest absolute Gasteiger partial charge is 0.368 e. The third kappa shape index (κ3) is 3.77. The number of amides is 1. The zero-order chi connectivity index (χ0) is 14.9. The normalized spacial score (nSPS) is 16.9. The van der Waals surface area contributed by atoms with Crippen LogP contribution < -0.4 is 4.72 Å². The lowest BCUT2D eigenvalue weighted by atomic mass is 10.4. The van der Waals surface area contributed by atoms with E-state index >= 15 is 0 Å². The first-order valence-electron chi connectivity index (χ1n) is 6.42. The molecular weight excluding hydrogens is 300 g/mol. The second kappa shape index (κ2) is 5.79. The van der Waals surface area contributed by atoms with Crippen LogP contribution in [0.2, 0.25) is 0 Å². The molecule has 0 aliphatic heterocycles. The first-order valence-corrected chi connectivity index (χ1v) is 8.72. The van der Waals surface area contributed by atoms with Gasteiger partial charge in [-0.1, -0.05) is 0 Å². The summed E-state index contributed by atoms with van der Waals surface area (Å²) in [4.78, 5) is 15.9. The van der Waals surface area contributed by atoms with E-state index in [0.717, 1.165) is 24.2 Å². The number of rotatable bonds is 6. The van der Waals surface area contributed by atoms with E-state index in [1.54, 1.807) is 20.8 Å². The van der Waals surface area contributed by atoms with Crippen LogP contribution in [0, 0.1) is 19.8 Å². The molecule has 0 aromatic carbocycles. The lowest BCUT2D eigenvalue weighted by Gasteiger charge is -2.12. The van der Waals surface area contributed by atoms with Crippen molar-refractivity contribution >= 4 is 27.3 Å². The summed E-state index contributed by atoms with van der Waals surface area (Å²) in [7, 11) is -3.86. The molecule has 0 unspecified atom stereocenters. The quantitative estimate of drug-likeness (QED) is 0.856. The number of aryl methyl sites for hydroxylation is 2. The van der Waals surface area contributed by atoms with Crippen LogP contribution in [0.15, 0.2) is 4.21 Å². The smallest absolute Gasteiger partial charge is 0.275 e. The number of nitrogens with one attached hydrogen (secondary N) is 1. The highest BCUT2D eigenvalue weighted by molar-refractivity contribution is 7.92. The van der Waals surface area contributed by atoms with Gasteiger partial charge in [0.05, 0.1) is 17.3 Å². The third-order valence-electron chi connectivity index (χ3n) is 2.99. The van der Waals surface area contributed by atoms with Gasteiger partial charge in [0.1, 0.15) is 6.10 Å². The van der Waals surface area contributed by atoms with Crippen LogP contribution in [0.1, 0.15) is 30.5 Å². The molecule has 0 spiro atoms. The molecule has 8 heteroatoms. The summed E-state index contributed by atoms with van der Waals surface area (Å²) < 4.78 is 31.7.